The minimum Gasteiger partial charge on any atom is -0.384 e. The summed E-state index contributed by atoms with van der Waals surface area (Å²) < 4.78 is 12.8. The lowest BCUT2D eigenvalue weighted by Gasteiger charge is -2.29. The van der Waals surface area contributed by atoms with Crippen molar-refractivity contribution in [3.8, 4) is 0 Å². The molecular weight excluding hydrogens is 215 g/mol. The molecule has 0 aliphatic heterocycles. The summed E-state index contributed by atoms with van der Waals surface area (Å²) in [5.41, 5.74) is 2.00. The molecule has 0 heterocycles. The van der Waals surface area contributed by atoms with Crippen LogP contribution < -0.4 is 0 Å². The van der Waals surface area contributed by atoms with Crippen LogP contribution >= 0.6 is 0 Å². The molecule has 0 radical (unpaired) electrons. The number of hydrogen-bond acceptors (Lipinski definition) is 1. The van der Waals surface area contributed by atoms with E-state index in [9.17, 15) is 9.50 Å². The Morgan fingerprint density at radius 2 is 1.88 bits per heavy atom. The van der Waals surface area contributed by atoms with Crippen molar-refractivity contribution in [1.82, 2.24) is 0 Å². The van der Waals surface area contributed by atoms with Crippen molar-refractivity contribution in [3.63, 3.8) is 0 Å². The van der Waals surface area contributed by atoms with E-state index in [-0.39, 0.29) is 11.2 Å². The molecule has 1 nitrogen and oxygen atoms in total. The van der Waals surface area contributed by atoms with E-state index in [1.807, 2.05) is 0 Å². The Morgan fingerprint density at radius 3 is 2.47 bits per heavy atom. The Labute approximate surface area is 102 Å². The Balaban J connectivity index is 2.23. The normalized spacial score (nSPS) is 20.8. The first kappa shape index (κ1) is 12.3. The third-order valence-electron chi connectivity index (χ3n) is 3.40. The summed E-state index contributed by atoms with van der Waals surface area (Å²) in [6.45, 7) is 4.37. The molecule has 1 aliphatic rings. The van der Waals surface area contributed by atoms with Gasteiger partial charge in [-0.05, 0) is 47.9 Å². The number of hydrogen-bond donors (Lipinski definition) is 1. The van der Waals surface area contributed by atoms with E-state index < -0.39 is 6.10 Å². The lowest BCUT2D eigenvalue weighted by atomic mass is 9.77. The summed E-state index contributed by atoms with van der Waals surface area (Å²) in [4.78, 5) is 0. The van der Waals surface area contributed by atoms with Crippen LogP contribution in [0.3, 0.4) is 0 Å². The van der Waals surface area contributed by atoms with Crippen molar-refractivity contribution in [2.45, 2.75) is 39.2 Å². The van der Waals surface area contributed by atoms with Gasteiger partial charge in [0.1, 0.15) is 11.9 Å². The zero-order valence-corrected chi connectivity index (χ0v) is 10.4. The lowest BCUT2D eigenvalue weighted by molar-refractivity contribution is 0.201. The molecule has 92 valence electrons. The van der Waals surface area contributed by atoms with E-state index in [4.69, 9.17) is 0 Å². The van der Waals surface area contributed by atoms with E-state index in [2.05, 4.69) is 19.9 Å². The number of benzene rings is 1. The fourth-order valence-corrected chi connectivity index (χ4v) is 2.47. The molecule has 1 unspecified atom stereocenters. The van der Waals surface area contributed by atoms with Gasteiger partial charge in [0.15, 0.2) is 0 Å². The average Bonchev–Trinajstić information content (AvgIpc) is 2.28. The van der Waals surface area contributed by atoms with Gasteiger partial charge in [-0.3, -0.25) is 0 Å². The molecule has 2 heteroatoms. The molecule has 0 saturated heterocycles. The predicted octanol–water partition coefficient (Wildman–Crippen LogP) is 4.00. The third kappa shape index (κ3) is 2.95. The van der Waals surface area contributed by atoms with Crippen LogP contribution in [0.1, 0.15) is 44.8 Å². The molecule has 0 spiro atoms. The van der Waals surface area contributed by atoms with E-state index in [0.717, 1.165) is 30.4 Å². The van der Waals surface area contributed by atoms with Crippen LogP contribution in [0.2, 0.25) is 0 Å². The number of rotatable bonds is 2. The van der Waals surface area contributed by atoms with Gasteiger partial charge in [0, 0.05) is 0 Å². The monoisotopic (exact) mass is 234 g/mol. The molecule has 0 saturated carbocycles. The van der Waals surface area contributed by atoms with Crippen molar-refractivity contribution in [3.05, 3.63) is 47.3 Å². The molecule has 0 amide bonds. The maximum Gasteiger partial charge on any atom is 0.123 e. The average molecular weight is 234 g/mol. The second-order valence-electron chi connectivity index (χ2n) is 5.52. The Hall–Kier alpha value is -1.15. The minimum absolute atomic E-state index is 0.161. The van der Waals surface area contributed by atoms with E-state index in [1.54, 1.807) is 12.1 Å². The zero-order chi connectivity index (χ0) is 12.5. The highest BCUT2D eigenvalue weighted by molar-refractivity contribution is 5.28. The van der Waals surface area contributed by atoms with E-state index >= 15 is 0 Å². The summed E-state index contributed by atoms with van der Waals surface area (Å²) >= 11 is 0. The molecule has 1 aromatic carbocycles. The molecule has 0 fully saturated rings. The SMILES string of the molecule is CC1(C)C=C(C(O)c2ccc(F)cc2)CCC1. The quantitative estimate of drug-likeness (QED) is 0.767. The molecule has 1 aliphatic carbocycles. The van der Waals surface area contributed by atoms with Gasteiger partial charge < -0.3 is 5.11 Å². The van der Waals surface area contributed by atoms with Crippen molar-refractivity contribution in [2.24, 2.45) is 5.41 Å². The molecule has 0 bridgehead atoms. The molecule has 1 atom stereocenters. The topological polar surface area (TPSA) is 20.2 Å². The first-order chi connectivity index (χ1) is 7.98. The molecule has 2 rings (SSSR count). The van der Waals surface area contributed by atoms with Crippen LogP contribution in [0.5, 0.6) is 0 Å². The van der Waals surface area contributed by atoms with Crippen molar-refractivity contribution in [2.75, 3.05) is 0 Å². The summed E-state index contributed by atoms with van der Waals surface area (Å²) in [6, 6.07) is 6.10. The van der Waals surface area contributed by atoms with Crippen LogP contribution in [0.4, 0.5) is 4.39 Å². The number of halogens is 1. The lowest BCUT2D eigenvalue weighted by Crippen LogP contribution is -2.16. The first-order valence-corrected chi connectivity index (χ1v) is 6.13. The smallest absolute Gasteiger partial charge is 0.123 e. The summed E-state index contributed by atoms with van der Waals surface area (Å²) in [7, 11) is 0. The second-order valence-corrected chi connectivity index (χ2v) is 5.52. The third-order valence-corrected chi connectivity index (χ3v) is 3.40. The maximum atomic E-state index is 12.8. The van der Waals surface area contributed by atoms with Crippen LogP contribution in [-0.4, -0.2) is 5.11 Å². The van der Waals surface area contributed by atoms with Crippen LogP contribution in [0, 0.1) is 11.2 Å². The number of allylic oxidation sites excluding steroid dienone is 1. The van der Waals surface area contributed by atoms with Gasteiger partial charge in [-0.15, -0.1) is 0 Å². The van der Waals surface area contributed by atoms with Crippen molar-refractivity contribution < 1.29 is 9.50 Å². The standard InChI is InChI=1S/C15H19FO/c1-15(2)9-3-4-12(10-15)14(17)11-5-7-13(16)8-6-11/h5-8,10,14,17H,3-4,9H2,1-2H3. The maximum absolute atomic E-state index is 12.8. The Bertz CT molecular complexity index is 417. The van der Waals surface area contributed by atoms with Gasteiger partial charge in [0.2, 0.25) is 0 Å². The van der Waals surface area contributed by atoms with Crippen LogP contribution in [0.15, 0.2) is 35.9 Å². The number of aliphatic hydroxyl groups excluding tert-OH is 1. The molecular formula is C15H19FO. The molecule has 17 heavy (non-hydrogen) atoms. The van der Waals surface area contributed by atoms with Gasteiger partial charge in [0.25, 0.3) is 0 Å². The Morgan fingerprint density at radius 1 is 1.24 bits per heavy atom. The summed E-state index contributed by atoms with van der Waals surface area (Å²) in [5, 5.41) is 10.3. The van der Waals surface area contributed by atoms with Gasteiger partial charge in [-0.25, -0.2) is 4.39 Å². The van der Waals surface area contributed by atoms with Gasteiger partial charge >= 0.3 is 0 Å². The van der Waals surface area contributed by atoms with Crippen LogP contribution in [-0.2, 0) is 0 Å². The highest BCUT2D eigenvalue weighted by atomic mass is 19.1. The van der Waals surface area contributed by atoms with Gasteiger partial charge in [-0.2, -0.15) is 0 Å². The highest BCUT2D eigenvalue weighted by Crippen LogP contribution is 2.38. The molecule has 1 N–H and O–H groups in total. The van der Waals surface area contributed by atoms with E-state index in [1.165, 1.54) is 12.1 Å². The molecule has 0 aromatic heterocycles. The Kier molecular flexibility index (Phi) is 3.34. The van der Waals surface area contributed by atoms with Crippen LogP contribution in [0.25, 0.3) is 0 Å². The summed E-state index contributed by atoms with van der Waals surface area (Å²) in [5.74, 6) is -0.265. The summed E-state index contributed by atoms with van der Waals surface area (Å²) in [6.07, 6.45) is 4.78. The first-order valence-electron chi connectivity index (χ1n) is 6.13. The highest BCUT2D eigenvalue weighted by Gasteiger charge is 2.24. The number of aliphatic hydroxyl groups is 1. The molecule has 1 aromatic rings. The predicted molar refractivity (Wildman–Crippen MR) is 67.1 cm³/mol. The largest absolute Gasteiger partial charge is 0.384 e. The van der Waals surface area contributed by atoms with Crippen molar-refractivity contribution in [1.29, 1.82) is 0 Å². The van der Waals surface area contributed by atoms with Gasteiger partial charge in [0.05, 0.1) is 0 Å². The van der Waals surface area contributed by atoms with E-state index in [0.29, 0.717) is 0 Å². The fraction of sp³-hybridized carbons (Fsp3) is 0.467. The van der Waals surface area contributed by atoms with Gasteiger partial charge in [-0.1, -0.05) is 32.1 Å². The minimum atomic E-state index is -0.588. The second kappa shape index (κ2) is 4.61. The fourth-order valence-electron chi connectivity index (χ4n) is 2.47. The zero-order valence-electron chi connectivity index (χ0n) is 10.4. The van der Waals surface area contributed by atoms with Crippen molar-refractivity contribution >= 4 is 0 Å².